The molecule has 1 aromatic rings. The average Bonchev–Trinajstić information content (AvgIpc) is 2.45. The average molecular weight is 290 g/mol. The summed E-state index contributed by atoms with van der Waals surface area (Å²) in [6, 6.07) is 3.96. The number of ketones is 1. The van der Waals surface area contributed by atoms with Gasteiger partial charge in [-0.2, -0.15) is 0 Å². The van der Waals surface area contributed by atoms with Crippen molar-refractivity contribution in [3.63, 3.8) is 0 Å². The highest BCUT2D eigenvalue weighted by molar-refractivity contribution is 6.00. The summed E-state index contributed by atoms with van der Waals surface area (Å²) >= 11 is 0. The van der Waals surface area contributed by atoms with Crippen molar-refractivity contribution in [1.82, 2.24) is 10.2 Å². The summed E-state index contributed by atoms with van der Waals surface area (Å²) in [4.78, 5) is 14.8. The Morgan fingerprint density at radius 1 is 1.24 bits per heavy atom. The fourth-order valence-electron chi connectivity index (χ4n) is 2.82. The summed E-state index contributed by atoms with van der Waals surface area (Å²) in [5, 5.41) is 3.31. The second-order valence-electron chi connectivity index (χ2n) is 5.73. The fourth-order valence-corrected chi connectivity index (χ4v) is 2.82. The molecule has 0 unspecified atom stereocenters. The third kappa shape index (κ3) is 4.29. The molecule has 0 amide bonds. The molecule has 1 saturated heterocycles. The maximum absolute atomic E-state index is 12.6. The van der Waals surface area contributed by atoms with Crippen molar-refractivity contribution in [1.29, 1.82) is 0 Å². The van der Waals surface area contributed by atoms with Crippen LogP contribution in [0.1, 0.15) is 34.8 Å². The van der Waals surface area contributed by atoms with Gasteiger partial charge in [-0.05, 0) is 43.5 Å². The first-order valence-corrected chi connectivity index (χ1v) is 7.82. The second-order valence-corrected chi connectivity index (χ2v) is 5.73. The van der Waals surface area contributed by atoms with E-state index in [9.17, 15) is 4.79 Å². The number of hydrogen-bond acceptors (Lipinski definition) is 4. The summed E-state index contributed by atoms with van der Waals surface area (Å²) in [6.07, 6.45) is 0.988. The van der Waals surface area contributed by atoms with Crippen LogP contribution in [0.25, 0.3) is 0 Å². The van der Waals surface area contributed by atoms with Crippen molar-refractivity contribution in [3.8, 4) is 5.75 Å². The number of hydrogen-bond donors (Lipinski definition) is 1. The summed E-state index contributed by atoms with van der Waals surface area (Å²) in [5.41, 5.74) is 2.89. The molecule has 1 N–H and O–H groups in total. The molecule has 0 saturated carbocycles. The van der Waals surface area contributed by atoms with E-state index in [1.54, 1.807) is 0 Å². The summed E-state index contributed by atoms with van der Waals surface area (Å²) in [6.45, 7) is 11.1. The lowest BCUT2D eigenvalue weighted by molar-refractivity contribution is 0.0920. The van der Waals surface area contributed by atoms with Crippen LogP contribution in [0.3, 0.4) is 0 Å². The molecule has 0 aliphatic carbocycles. The number of aryl methyl sites for hydroxylation is 2. The fraction of sp³-hybridized carbons (Fsp3) is 0.588. The molecule has 1 fully saturated rings. The van der Waals surface area contributed by atoms with Crippen molar-refractivity contribution in [3.05, 3.63) is 28.8 Å². The van der Waals surface area contributed by atoms with Gasteiger partial charge in [0.15, 0.2) is 5.78 Å². The van der Waals surface area contributed by atoms with Crippen molar-refractivity contribution < 1.29 is 9.53 Å². The van der Waals surface area contributed by atoms with E-state index in [-0.39, 0.29) is 5.78 Å². The lowest BCUT2D eigenvalue weighted by Gasteiger charge is -2.27. The minimum absolute atomic E-state index is 0.217. The molecule has 4 nitrogen and oxygen atoms in total. The maximum atomic E-state index is 12.6. The Morgan fingerprint density at radius 2 is 1.86 bits per heavy atom. The topological polar surface area (TPSA) is 41.6 Å². The van der Waals surface area contributed by atoms with Crippen molar-refractivity contribution in [2.45, 2.75) is 27.2 Å². The number of ether oxygens (including phenoxy) is 1. The number of rotatable bonds is 6. The molecule has 4 heteroatoms. The summed E-state index contributed by atoms with van der Waals surface area (Å²) in [7, 11) is 0. The molecule has 21 heavy (non-hydrogen) atoms. The number of nitrogens with zero attached hydrogens (tertiary/aromatic N) is 1. The lowest BCUT2D eigenvalue weighted by Crippen LogP contribution is -2.45. The highest BCUT2D eigenvalue weighted by atomic mass is 16.5. The quantitative estimate of drug-likeness (QED) is 0.815. The van der Waals surface area contributed by atoms with Crippen LogP contribution in [0.5, 0.6) is 5.75 Å². The number of Topliss-reactive ketones (excluding diaryl/α,β-unsaturated/α-hetero) is 1. The van der Waals surface area contributed by atoms with Gasteiger partial charge in [-0.3, -0.25) is 9.69 Å². The number of piperazine rings is 1. The van der Waals surface area contributed by atoms with Gasteiger partial charge in [-0.15, -0.1) is 0 Å². The van der Waals surface area contributed by atoms with E-state index in [0.717, 1.165) is 55.0 Å². The Hall–Kier alpha value is -1.39. The normalized spacial score (nSPS) is 16.0. The van der Waals surface area contributed by atoms with E-state index < -0.39 is 0 Å². The molecule has 0 bridgehead atoms. The Kier molecular flexibility index (Phi) is 5.76. The Balaban J connectivity index is 2.09. The number of carbonyl (C=O) groups excluding carboxylic acids is 1. The minimum Gasteiger partial charge on any atom is -0.494 e. The third-order valence-corrected chi connectivity index (χ3v) is 3.83. The summed E-state index contributed by atoms with van der Waals surface area (Å²) < 4.78 is 5.67. The Morgan fingerprint density at radius 3 is 2.43 bits per heavy atom. The van der Waals surface area contributed by atoms with Gasteiger partial charge in [0.2, 0.25) is 0 Å². The minimum atomic E-state index is 0.217. The zero-order valence-corrected chi connectivity index (χ0v) is 13.4. The summed E-state index contributed by atoms with van der Waals surface area (Å²) in [5.74, 6) is 1.08. The van der Waals surface area contributed by atoms with Crippen LogP contribution >= 0.6 is 0 Å². The Bertz CT molecular complexity index is 471. The third-order valence-electron chi connectivity index (χ3n) is 3.83. The van der Waals surface area contributed by atoms with Gasteiger partial charge in [0, 0.05) is 31.7 Å². The van der Waals surface area contributed by atoms with Gasteiger partial charge in [0.05, 0.1) is 13.2 Å². The van der Waals surface area contributed by atoms with Crippen LogP contribution in [0, 0.1) is 13.8 Å². The number of carbonyl (C=O) groups is 1. The predicted molar refractivity (Wildman–Crippen MR) is 85.3 cm³/mol. The smallest absolute Gasteiger partial charge is 0.177 e. The van der Waals surface area contributed by atoms with Gasteiger partial charge >= 0.3 is 0 Å². The zero-order valence-electron chi connectivity index (χ0n) is 13.4. The van der Waals surface area contributed by atoms with Gasteiger partial charge in [-0.1, -0.05) is 6.92 Å². The molecule has 1 aliphatic heterocycles. The second kappa shape index (κ2) is 7.57. The molecule has 0 radical (unpaired) electrons. The van der Waals surface area contributed by atoms with E-state index in [1.807, 2.05) is 26.0 Å². The van der Waals surface area contributed by atoms with E-state index in [1.165, 1.54) is 0 Å². The highest BCUT2D eigenvalue weighted by Crippen LogP contribution is 2.23. The first-order valence-electron chi connectivity index (χ1n) is 7.82. The van der Waals surface area contributed by atoms with E-state index >= 15 is 0 Å². The van der Waals surface area contributed by atoms with Crippen molar-refractivity contribution in [2.24, 2.45) is 0 Å². The maximum Gasteiger partial charge on any atom is 0.177 e. The van der Waals surface area contributed by atoms with Crippen molar-refractivity contribution in [2.75, 3.05) is 39.3 Å². The van der Waals surface area contributed by atoms with Gasteiger partial charge < -0.3 is 10.1 Å². The van der Waals surface area contributed by atoms with Crippen molar-refractivity contribution >= 4 is 5.78 Å². The Labute approximate surface area is 127 Å². The zero-order chi connectivity index (χ0) is 15.2. The molecule has 0 spiro atoms. The SMILES string of the molecule is CCCOc1cc(C)c(C(=O)CN2CCNCC2)c(C)c1. The van der Waals surface area contributed by atoms with E-state index in [0.29, 0.717) is 13.2 Å². The van der Waals surface area contributed by atoms with Gasteiger partial charge in [-0.25, -0.2) is 0 Å². The molecule has 0 aromatic heterocycles. The molecule has 0 atom stereocenters. The van der Waals surface area contributed by atoms with Crippen LogP contribution in [0.4, 0.5) is 0 Å². The van der Waals surface area contributed by atoms with Gasteiger partial charge in [0.1, 0.15) is 5.75 Å². The van der Waals surface area contributed by atoms with Crippen LogP contribution in [0.15, 0.2) is 12.1 Å². The lowest BCUT2D eigenvalue weighted by atomic mass is 9.98. The standard InChI is InChI=1S/C17H26N2O2/c1-4-9-21-15-10-13(2)17(14(3)11-15)16(20)12-19-7-5-18-6-8-19/h10-11,18H,4-9,12H2,1-3H3. The molecular weight excluding hydrogens is 264 g/mol. The number of benzene rings is 1. The predicted octanol–water partition coefficient (Wildman–Crippen LogP) is 2.18. The number of nitrogens with one attached hydrogen (secondary N) is 1. The first-order chi connectivity index (χ1) is 10.1. The largest absolute Gasteiger partial charge is 0.494 e. The van der Waals surface area contributed by atoms with Crippen LogP contribution in [0.2, 0.25) is 0 Å². The van der Waals surface area contributed by atoms with E-state index in [2.05, 4.69) is 17.1 Å². The molecule has 1 aliphatic rings. The first kappa shape index (κ1) is 16.0. The molecule has 1 heterocycles. The van der Waals surface area contributed by atoms with E-state index in [4.69, 9.17) is 4.74 Å². The van der Waals surface area contributed by atoms with Crippen LogP contribution in [-0.2, 0) is 0 Å². The molecule has 2 rings (SSSR count). The van der Waals surface area contributed by atoms with Crippen LogP contribution in [-0.4, -0.2) is 50.0 Å². The van der Waals surface area contributed by atoms with Gasteiger partial charge in [0.25, 0.3) is 0 Å². The molecule has 116 valence electrons. The monoisotopic (exact) mass is 290 g/mol. The molecule has 1 aromatic carbocycles. The van der Waals surface area contributed by atoms with Crippen LogP contribution < -0.4 is 10.1 Å². The highest BCUT2D eigenvalue weighted by Gasteiger charge is 2.18. The molecular formula is C17H26N2O2.